The van der Waals surface area contributed by atoms with Gasteiger partial charge in [-0.25, -0.2) is 0 Å². The first kappa shape index (κ1) is 30.1. The summed E-state index contributed by atoms with van der Waals surface area (Å²) in [6, 6.07) is 0.677. The van der Waals surface area contributed by atoms with Gasteiger partial charge in [-0.2, -0.15) is 0 Å². The van der Waals surface area contributed by atoms with E-state index >= 15 is 0 Å². The molecular formula is C48H54N2. The smallest absolute Gasteiger partial charge is 0.0451 e. The summed E-state index contributed by atoms with van der Waals surface area (Å²) in [4.78, 5) is 2.75. The van der Waals surface area contributed by atoms with Crippen molar-refractivity contribution in [3.8, 4) is 0 Å². The molecule has 0 saturated heterocycles. The average Bonchev–Trinajstić information content (AvgIpc) is 3.70. The molecule has 7 atom stereocenters. The zero-order chi connectivity index (χ0) is 32.8. The quantitative estimate of drug-likeness (QED) is 0.293. The Morgan fingerprint density at radius 1 is 0.700 bits per heavy atom. The number of rotatable bonds is 3. The maximum absolute atomic E-state index is 2.89. The summed E-state index contributed by atoms with van der Waals surface area (Å²) in [6.07, 6.45) is 54.5. The lowest BCUT2D eigenvalue weighted by Crippen LogP contribution is -2.39. The van der Waals surface area contributed by atoms with Crippen molar-refractivity contribution in [1.29, 1.82) is 0 Å². The molecule has 256 valence electrons. The van der Waals surface area contributed by atoms with Crippen molar-refractivity contribution in [1.82, 2.24) is 9.47 Å². The second-order valence-electron chi connectivity index (χ2n) is 17.2. The molecule has 2 nitrogen and oxygen atoms in total. The van der Waals surface area contributed by atoms with Crippen LogP contribution in [0.25, 0.3) is 6.08 Å². The van der Waals surface area contributed by atoms with Crippen LogP contribution in [0, 0.1) is 35.5 Å². The van der Waals surface area contributed by atoms with E-state index in [9.17, 15) is 0 Å². The normalized spacial score (nSPS) is 35.0. The molecule has 9 aliphatic carbocycles. The number of nitrogens with zero attached hydrogens (tertiary/aromatic N) is 2. The van der Waals surface area contributed by atoms with Gasteiger partial charge < -0.3 is 9.47 Å². The van der Waals surface area contributed by atoms with E-state index in [4.69, 9.17) is 0 Å². The second-order valence-corrected chi connectivity index (χ2v) is 17.2. The third-order valence-corrected chi connectivity index (χ3v) is 14.9. The summed E-state index contributed by atoms with van der Waals surface area (Å²) in [5, 5.41) is 0. The molecule has 50 heavy (non-hydrogen) atoms. The maximum atomic E-state index is 2.89. The molecule has 0 amide bonds. The Balaban J connectivity index is 0.939. The van der Waals surface area contributed by atoms with E-state index in [0.717, 1.165) is 0 Å². The van der Waals surface area contributed by atoms with Crippen LogP contribution in [0.5, 0.6) is 0 Å². The van der Waals surface area contributed by atoms with Crippen LogP contribution in [0.4, 0.5) is 0 Å². The van der Waals surface area contributed by atoms with Gasteiger partial charge in [0.15, 0.2) is 0 Å². The molecule has 2 heteroatoms. The van der Waals surface area contributed by atoms with E-state index in [-0.39, 0.29) is 0 Å². The van der Waals surface area contributed by atoms with Gasteiger partial charge in [-0.05, 0) is 167 Å². The highest BCUT2D eigenvalue weighted by molar-refractivity contribution is 5.63. The first-order valence-corrected chi connectivity index (χ1v) is 20.8. The summed E-state index contributed by atoms with van der Waals surface area (Å²) in [5.41, 5.74) is 18.6. The predicted octanol–water partition coefficient (Wildman–Crippen LogP) is 11.7. The summed E-state index contributed by atoms with van der Waals surface area (Å²) < 4.78 is 2.88. The van der Waals surface area contributed by atoms with E-state index in [1.807, 2.05) is 11.1 Å². The minimum atomic E-state index is 0.518. The molecule has 10 aliphatic rings. The molecule has 0 saturated carbocycles. The number of hydrogen-bond donors (Lipinski definition) is 0. The SMILES string of the molecule is C1=CC2C3=C(CC4C(=C3)N(C3=CCCCC3)C3=C4CCC=C3)C3CCC(C4CCc5c(c6c(n5C5CC=CCC5)CCC=C6)C4)=CC3C2C=C1. The summed E-state index contributed by atoms with van der Waals surface area (Å²) in [6.45, 7) is 0. The van der Waals surface area contributed by atoms with Crippen LogP contribution in [-0.4, -0.2) is 9.47 Å². The van der Waals surface area contributed by atoms with Gasteiger partial charge in [0.1, 0.15) is 0 Å². The van der Waals surface area contributed by atoms with Crippen LogP contribution in [-0.2, 0) is 19.3 Å². The topological polar surface area (TPSA) is 8.17 Å². The molecular weight excluding hydrogens is 605 g/mol. The van der Waals surface area contributed by atoms with Crippen molar-refractivity contribution in [2.24, 2.45) is 35.5 Å². The van der Waals surface area contributed by atoms with E-state index in [1.165, 1.54) is 109 Å². The molecule has 2 heterocycles. The first-order chi connectivity index (χ1) is 24.8. The highest BCUT2D eigenvalue weighted by Gasteiger charge is 2.48. The average molecular weight is 659 g/mol. The Hall–Kier alpha value is -3.52. The van der Waals surface area contributed by atoms with Crippen LogP contribution in [0.15, 0.2) is 112 Å². The monoisotopic (exact) mass is 658 g/mol. The van der Waals surface area contributed by atoms with E-state index in [1.54, 1.807) is 50.8 Å². The standard InChI is InChI=1S/C48H54N2/c1-3-13-33(14-4-1)49-45-21-11-9-19-38(45)43-28-32(24-26-47(43)49)31-23-25-37-40(27-31)35-17-7-8-18-36(35)42-30-48-44(29-41(37)42)39-20-10-12-22-46(39)50(48)34-15-5-2-6-16-34/h1,3,7-9,12,15,17-19,22,27,30,32-33,35-37,40,44H,2,4-6,10-11,13-14,16,20-21,23-26,28-29H2. The molecule has 0 fully saturated rings. The Morgan fingerprint density at radius 2 is 1.64 bits per heavy atom. The van der Waals surface area contributed by atoms with Crippen molar-refractivity contribution in [3.63, 3.8) is 0 Å². The van der Waals surface area contributed by atoms with Crippen molar-refractivity contribution in [3.05, 3.63) is 135 Å². The lowest BCUT2D eigenvalue weighted by molar-refractivity contribution is 0.245. The van der Waals surface area contributed by atoms with Gasteiger partial charge in [0, 0.05) is 46.4 Å². The second kappa shape index (κ2) is 12.0. The Kier molecular flexibility index (Phi) is 7.25. The van der Waals surface area contributed by atoms with Gasteiger partial charge in [0.25, 0.3) is 0 Å². The molecule has 1 aliphatic heterocycles. The van der Waals surface area contributed by atoms with Crippen molar-refractivity contribution in [2.45, 2.75) is 115 Å². The largest absolute Gasteiger partial charge is 0.344 e. The molecule has 7 unspecified atom stereocenters. The predicted molar refractivity (Wildman–Crippen MR) is 206 cm³/mol. The van der Waals surface area contributed by atoms with Gasteiger partial charge in [-0.3, -0.25) is 0 Å². The van der Waals surface area contributed by atoms with Gasteiger partial charge >= 0.3 is 0 Å². The van der Waals surface area contributed by atoms with E-state index in [2.05, 4.69) is 88.5 Å². The third kappa shape index (κ3) is 4.58. The number of allylic oxidation sites excluding steroid dienone is 17. The van der Waals surface area contributed by atoms with Crippen LogP contribution in [0.2, 0.25) is 0 Å². The zero-order valence-corrected chi connectivity index (χ0v) is 30.0. The van der Waals surface area contributed by atoms with Crippen LogP contribution in [0.3, 0.4) is 0 Å². The fourth-order valence-corrected chi connectivity index (χ4v) is 12.7. The molecule has 0 aromatic carbocycles. The Bertz CT molecular complexity index is 1940. The van der Waals surface area contributed by atoms with Crippen molar-refractivity contribution < 1.29 is 0 Å². The van der Waals surface area contributed by atoms with Crippen LogP contribution >= 0.6 is 0 Å². The molecule has 11 rings (SSSR count). The van der Waals surface area contributed by atoms with Gasteiger partial charge in [0.2, 0.25) is 0 Å². The fourth-order valence-electron chi connectivity index (χ4n) is 12.7. The summed E-state index contributed by atoms with van der Waals surface area (Å²) in [5.74, 6) is 3.75. The minimum absolute atomic E-state index is 0.518. The Morgan fingerprint density at radius 3 is 2.56 bits per heavy atom. The van der Waals surface area contributed by atoms with Gasteiger partial charge in [-0.1, -0.05) is 78.0 Å². The van der Waals surface area contributed by atoms with E-state index < -0.39 is 0 Å². The highest BCUT2D eigenvalue weighted by Crippen LogP contribution is 2.59. The maximum Gasteiger partial charge on any atom is 0.0451 e. The number of fused-ring (bicyclic) bond motifs is 10. The number of hydrogen-bond acceptors (Lipinski definition) is 1. The van der Waals surface area contributed by atoms with Gasteiger partial charge in [-0.15, -0.1) is 0 Å². The van der Waals surface area contributed by atoms with Gasteiger partial charge in [0.05, 0.1) is 0 Å². The Labute approximate surface area is 300 Å². The van der Waals surface area contributed by atoms with Crippen molar-refractivity contribution >= 4 is 6.08 Å². The fraction of sp³-hybridized carbons (Fsp3) is 0.500. The molecule has 0 bridgehead atoms. The minimum Gasteiger partial charge on any atom is -0.344 e. The lowest BCUT2D eigenvalue weighted by atomic mass is 9.56. The summed E-state index contributed by atoms with van der Waals surface area (Å²) in [7, 11) is 0. The summed E-state index contributed by atoms with van der Waals surface area (Å²) >= 11 is 0. The molecule has 0 radical (unpaired) electrons. The van der Waals surface area contributed by atoms with Crippen LogP contribution < -0.4 is 0 Å². The van der Waals surface area contributed by atoms with Crippen molar-refractivity contribution in [2.75, 3.05) is 0 Å². The molecule has 1 aromatic heterocycles. The first-order valence-electron chi connectivity index (χ1n) is 20.8. The highest BCUT2D eigenvalue weighted by atomic mass is 15.2. The third-order valence-electron chi connectivity index (χ3n) is 14.9. The number of aromatic nitrogens is 1. The molecule has 0 spiro atoms. The van der Waals surface area contributed by atoms with E-state index in [0.29, 0.717) is 41.5 Å². The zero-order valence-electron chi connectivity index (χ0n) is 30.0. The molecule has 1 aromatic rings. The lowest BCUT2D eigenvalue weighted by Gasteiger charge is -2.49. The van der Waals surface area contributed by atoms with Crippen LogP contribution in [0.1, 0.15) is 118 Å². The molecule has 0 N–H and O–H groups in total.